The lowest BCUT2D eigenvalue weighted by Crippen LogP contribution is -2.48. The van der Waals surface area contributed by atoms with Crippen molar-refractivity contribution in [3.8, 4) is 5.75 Å². The zero-order valence-electron chi connectivity index (χ0n) is 15.9. The molecule has 0 spiro atoms. The molecule has 2 heterocycles. The number of hydrogen-bond donors (Lipinski definition) is 0. The van der Waals surface area contributed by atoms with E-state index in [2.05, 4.69) is 30.9 Å². The largest absolute Gasteiger partial charge is 0.497 e. The van der Waals surface area contributed by atoms with Crippen molar-refractivity contribution >= 4 is 32.6 Å². The van der Waals surface area contributed by atoms with Crippen LogP contribution in [0.25, 0.3) is 10.2 Å². The molecule has 3 aromatic rings. The predicted octanol–water partition coefficient (Wildman–Crippen LogP) is 3.88. The number of benzene rings is 2. The topological polar surface area (TPSA) is 45.7 Å². The minimum Gasteiger partial charge on any atom is -0.497 e. The van der Waals surface area contributed by atoms with Crippen LogP contribution in [0.3, 0.4) is 0 Å². The Morgan fingerprint density at radius 3 is 2.63 bits per heavy atom. The van der Waals surface area contributed by atoms with Gasteiger partial charge in [0, 0.05) is 31.7 Å². The number of thiazole rings is 1. The second-order valence-electron chi connectivity index (χ2n) is 6.86. The molecule has 0 atom stereocenters. The second-order valence-corrected chi connectivity index (χ2v) is 7.87. The van der Waals surface area contributed by atoms with E-state index in [4.69, 9.17) is 9.72 Å². The van der Waals surface area contributed by atoms with E-state index in [9.17, 15) is 4.79 Å². The molecule has 1 saturated heterocycles. The fourth-order valence-electron chi connectivity index (χ4n) is 3.39. The van der Waals surface area contributed by atoms with Crippen LogP contribution in [0.2, 0.25) is 0 Å². The van der Waals surface area contributed by atoms with Gasteiger partial charge >= 0.3 is 0 Å². The highest BCUT2D eigenvalue weighted by molar-refractivity contribution is 7.22. The molecule has 0 unspecified atom stereocenters. The number of aryl methyl sites for hydroxylation is 2. The first-order valence-corrected chi connectivity index (χ1v) is 9.93. The van der Waals surface area contributed by atoms with Crippen molar-refractivity contribution in [2.24, 2.45) is 0 Å². The first kappa shape index (κ1) is 17.8. The van der Waals surface area contributed by atoms with Crippen LogP contribution in [-0.2, 0) is 0 Å². The normalized spacial score (nSPS) is 14.6. The van der Waals surface area contributed by atoms with Gasteiger partial charge in [0.25, 0.3) is 5.91 Å². The number of ether oxygens (including phenoxy) is 1. The molecule has 1 amide bonds. The number of anilines is 1. The summed E-state index contributed by atoms with van der Waals surface area (Å²) in [6.07, 6.45) is 0. The number of aromatic nitrogens is 1. The number of hydrogen-bond acceptors (Lipinski definition) is 5. The molecular weight excluding hydrogens is 358 g/mol. The number of rotatable bonds is 3. The van der Waals surface area contributed by atoms with Crippen molar-refractivity contribution in [3.63, 3.8) is 0 Å². The lowest BCUT2D eigenvalue weighted by molar-refractivity contribution is 0.0746. The molecule has 1 aromatic heterocycles. The van der Waals surface area contributed by atoms with Gasteiger partial charge in [-0.05, 0) is 49.2 Å². The molecule has 0 radical (unpaired) electrons. The van der Waals surface area contributed by atoms with Crippen LogP contribution in [0, 0.1) is 13.8 Å². The number of piperazine rings is 1. The molecule has 1 aliphatic heterocycles. The zero-order valence-corrected chi connectivity index (χ0v) is 16.7. The predicted molar refractivity (Wildman–Crippen MR) is 110 cm³/mol. The van der Waals surface area contributed by atoms with Gasteiger partial charge in [0.05, 0.1) is 17.3 Å². The van der Waals surface area contributed by atoms with Gasteiger partial charge < -0.3 is 14.5 Å². The van der Waals surface area contributed by atoms with Crippen LogP contribution in [-0.4, -0.2) is 49.1 Å². The average Bonchev–Trinajstić information content (AvgIpc) is 3.15. The Hall–Kier alpha value is -2.60. The number of carbonyl (C=O) groups excluding carboxylic acids is 1. The van der Waals surface area contributed by atoms with E-state index in [0.717, 1.165) is 23.7 Å². The van der Waals surface area contributed by atoms with Crippen LogP contribution in [0.1, 0.15) is 21.5 Å². The summed E-state index contributed by atoms with van der Waals surface area (Å²) in [5, 5.41) is 1.05. The van der Waals surface area contributed by atoms with E-state index in [1.54, 1.807) is 24.5 Å². The first-order valence-electron chi connectivity index (χ1n) is 9.12. The number of amides is 1. The van der Waals surface area contributed by atoms with Crippen LogP contribution < -0.4 is 9.64 Å². The van der Waals surface area contributed by atoms with E-state index >= 15 is 0 Å². The maximum atomic E-state index is 12.8. The van der Waals surface area contributed by atoms with Crippen molar-refractivity contribution < 1.29 is 9.53 Å². The molecule has 1 fully saturated rings. The summed E-state index contributed by atoms with van der Waals surface area (Å²) in [4.78, 5) is 21.8. The van der Waals surface area contributed by atoms with Crippen molar-refractivity contribution in [2.45, 2.75) is 13.8 Å². The SMILES string of the molecule is COc1cccc(C(=O)N2CCN(c3nc4c(C)c(C)ccc4s3)CC2)c1. The van der Waals surface area contributed by atoms with Crippen LogP contribution in [0.5, 0.6) is 5.75 Å². The summed E-state index contributed by atoms with van der Waals surface area (Å²) < 4.78 is 6.45. The smallest absolute Gasteiger partial charge is 0.254 e. The van der Waals surface area contributed by atoms with E-state index in [0.29, 0.717) is 24.4 Å². The van der Waals surface area contributed by atoms with Crippen LogP contribution in [0.15, 0.2) is 36.4 Å². The molecule has 27 heavy (non-hydrogen) atoms. The van der Waals surface area contributed by atoms with Gasteiger partial charge in [-0.3, -0.25) is 4.79 Å². The third kappa shape index (κ3) is 3.37. The average molecular weight is 382 g/mol. The van der Waals surface area contributed by atoms with Gasteiger partial charge in [-0.25, -0.2) is 4.98 Å². The monoisotopic (exact) mass is 381 g/mol. The highest BCUT2D eigenvalue weighted by Gasteiger charge is 2.24. The molecule has 2 aromatic carbocycles. The van der Waals surface area contributed by atoms with Gasteiger partial charge in [-0.15, -0.1) is 0 Å². The van der Waals surface area contributed by atoms with Gasteiger partial charge in [0.1, 0.15) is 5.75 Å². The molecule has 1 aliphatic rings. The molecule has 5 nitrogen and oxygen atoms in total. The van der Waals surface area contributed by atoms with Crippen molar-refractivity contribution in [1.29, 1.82) is 0 Å². The van der Waals surface area contributed by atoms with Gasteiger partial charge in [-0.2, -0.15) is 0 Å². The molecule has 0 aliphatic carbocycles. The Labute approximate surface area is 163 Å². The summed E-state index contributed by atoms with van der Waals surface area (Å²) in [6.45, 7) is 7.25. The molecule has 0 saturated carbocycles. The van der Waals surface area contributed by atoms with Crippen molar-refractivity contribution in [2.75, 3.05) is 38.2 Å². The van der Waals surface area contributed by atoms with E-state index in [-0.39, 0.29) is 5.91 Å². The van der Waals surface area contributed by atoms with E-state index in [1.165, 1.54) is 15.8 Å². The van der Waals surface area contributed by atoms with E-state index < -0.39 is 0 Å². The highest BCUT2D eigenvalue weighted by atomic mass is 32.1. The number of fused-ring (bicyclic) bond motifs is 1. The Balaban J connectivity index is 1.47. The molecule has 4 rings (SSSR count). The lowest BCUT2D eigenvalue weighted by Gasteiger charge is -2.34. The summed E-state index contributed by atoms with van der Waals surface area (Å²) in [5.74, 6) is 0.768. The minimum absolute atomic E-state index is 0.0596. The summed E-state index contributed by atoms with van der Waals surface area (Å²) in [5.41, 5.74) is 4.30. The molecule has 140 valence electrons. The summed E-state index contributed by atoms with van der Waals surface area (Å²) in [7, 11) is 1.61. The van der Waals surface area contributed by atoms with Gasteiger partial charge in [0.2, 0.25) is 0 Å². The first-order chi connectivity index (χ1) is 13.1. The fraction of sp³-hybridized carbons (Fsp3) is 0.333. The van der Waals surface area contributed by atoms with Crippen LogP contribution >= 0.6 is 11.3 Å². The molecule has 0 N–H and O–H groups in total. The molecule has 6 heteroatoms. The fourth-order valence-corrected chi connectivity index (χ4v) is 4.47. The van der Waals surface area contributed by atoms with Crippen LogP contribution in [0.4, 0.5) is 5.13 Å². The second kappa shape index (κ2) is 7.19. The lowest BCUT2D eigenvalue weighted by atomic mass is 10.1. The number of nitrogens with zero attached hydrogens (tertiary/aromatic N) is 3. The Morgan fingerprint density at radius 1 is 1.11 bits per heavy atom. The highest BCUT2D eigenvalue weighted by Crippen LogP contribution is 2.32. The number of carbonyl (C=O) groups is 1. The minimum atomic E-state index is 0.0596. The summed E-state index contributed by atoms with van der Waals surface area (Å²) >= 11 is 1.73. The molecular formula is C21H23N3O2S. The molecule has 0 bridgehead atoms. The van der Waals surface area contributed by atoms with E-state index in [1.807, 2.05) is 23.1 Å². The Kier molecular flexibility index (Phi) is 4.74. The van der Waals surface area contributed by atoms with Gasteiger partial charge in [0.15, 0.2) is 5.13 Å². The number of methoxy groups -OCH3 is 1. The maximum absolute atomic E-state index is 12.8. The standard InChI is InChI=1S/C21H23N3O2S/c1-14-7-8-18-19(15(14)2)22-21(27-18)24-11-9-23(10-12-24)20(25)16-5-4-6-17(13-16)26-3/h4-8,13H,9-12H2,1-3H3. The van der Waals surface area contributed by atoms with Crippen molar-refractivity contribution in [3.05, 3.63) is 53.1 Å². The van der Waals surface area contributed by atoms with Gasteiger partial charge in [-0.1, -0.05) is 23.5 Å². The van der Waals surface area contributed by atoms with Crippen molar-refractivity contribution in [1.82, 2.24) is 9.88 Å². The summed E-state index contributed by atoms with van der Waals surface area (Å²) in [6, 6.07) is 11.7. The quantitative estimate of drug-likeness (QED) is 0.691. The zero-order chi connectivity index (χ0) is 19.0. The Bertz CT molecular complexity index is 990. The maximum Gasteiger partial charge on any atom is 0.254 e. The third-order valence-corrected chi connectivity index (χ3v) is 6.31. The Morgan fingerprint density at radius 2 is 1.89 bits per heavy atom. The third-order valence-electron chi connectivity index (χ3n) is 5.23.